The van der Waals surface area contributed by atoms with Crippen molar-refractivity contribution in [2.24, 2.45) is 0 Å². The number of carbonyl (C=O) groups is 1. The molecule has 0 spiro atoms. The molecule has 0 atom stereocenters. The Bertz CT molecular complexity index is 547. The van der Waals surface area contributed by atoms with Crippen molar-refractivity contribution < 1.29 is 9.90 Å². The molecule has 0 bridgehead atoms. The van der Waals surface area contributed by atoms with Crippen molar-refractivity contribution in [3.63, 3.8) is 0 Å². The van der Waals surface area contributed by atoms with E-state index in [0.717, 1.165) is 22.2 Å². The summed E-state index contributed by atoms with van der Waals surface area (Å²) < 4.78 is 0. The predicted octanol–water partition coefficient (Wildman–Crippen LogP) is 3.58. The van der Waals surface area contributed by atoms with Crippen molar-refractivity contribution in [1.82, 2.24) is 4.98 Å². The van der Waals surface area contributed by atoms with E-state index in [1.807, 2.05) is 33.8 Å². The lowest BCUT2D eigenvalue weighted by atomic mass is 10.1. The predicted molar refractivity (Wildman–Crippen MR) is 69.5 cm³/mol. The van der Waals surface area contributed by atoms with Crippen LogP contribution in [0.25, 0.3) is 10.9 Å². The van der Waals surface area contributed by atoms with Gasteiger partial charge in [-0.25, -0.2) is 4.79 Å². The van der Waals surface area contributed by atoms with Crippen molar-refractivity contribution in [3.8, 4) is 0 Å². The van der Waals surface area contributed by atoms with Gasteiger partial charge in [0.15, 0.2) is 0 Å². The van der Waals surface area contributed by atoms with Crippen LogP contribution in [0.3, 0.4) is 0 Å². The Kier molecular flexibility index (Phi) is 4.21. The van der Waals surface area contributed by atoms with Crippen LogP contribution in [0, 0.1) is 13.8 Å². The Morgan fingerprint density at radius 1 is 1.18 bits per heavy atom. The van der Waals surface area contributed by atoms with Crippen molar-refractivity contribution in [1.29, 1.82) is 0 Å². The number of benzene rings is 1. The summed E-state index contributed by atoms with van der Waals surface area (Å²) in [6.45, 7) is 7.89. The molecule has 2 rings (SSSR count). The molecule has 0 unspecified atom stereocenters. The molecule has 3 nitrogen and oxygen atoms in total. The lowest BCUT2D eigenvalue weighted by Crippen LogP contribution is -1.97. The first-order chi connectivity index (χ1) is 8.08. The molecule has 1 heterocycles. The molecule has 0 amide bonds. The van der Waals surface area contributed by atoms with Crippen molar-refractivity contribution >= 4 is 16.9 Å². The third-order valence-electron chi connectivity index (χ3n) is 2.39. The van der Waals surface area contributed by atoms with Gasteiger partial charge in [-0.2, -0.15) is 0 Å². The normalized spacial score (nSPS) is 9.65. The fourth-order valence-corrected chi connectivity index (χ4v) is 1.70. The van der Waals surface area contributed by atoms with Crippen LogP contribution in [0.2, 0.25) is 0 Å². The van der Waals surface area contributed by atoms with E-state index in [-0.39, 0.29) is 0 Å². The van der Waals surface area contributed by atoms with E-state index >= 15 is 0 Å². The smallest absolute Gasteiger partial charge is 0.335 e. The van der Waals surface area contributed by atoms with E-state index in [2.05, 4.69) is 4.98 Å². The van der Waals surface area contributed by atoms with E-state index in [4.69, 9.17) is 5.11 Å². The fraction of sp³-hybridized carbons (Fsp3) is 0.286. The highest BCUT2D eigenvalue weighted by atomic mass is 16.4. The molecular weight excluding hydrogens is 214 g/mol. The van der Waals surface area contributed by atoms with Crippen LogP contribution in [-0.2, 0) is 0 Å². The highest BCUT2D eigenvalue weighted by Crippen LogP contribution is 2.19. The molecule has 0 aliphatic rings. The zero-order valence-corrected chi connectivity index (χ0v) is 10.6. The third kappa shape index (κ3) is 2.81. The number of aromatic carboxylic acids is 1. The summed E-state index contributed by atoms with van der Waals surface area (Å²) in [5.41, 5.74) is 3.15. The van der Waals surface area contributed by atoms with Gasteiger partial charge in [0.05, 0.1) is 11.1 Å². The standard InChI is InChI=1S/C12H11NO2.C2H6/c1-7-5-8(2)13-11-4-3-9(12(14)15)6-10(7)11;1-2/h3-6H,1-2H3,(H,14,15);1-2H3. The summed E-state index contributed by atoms with van der Waals surface area (Å²) in [6, 6.07) is 6.95. The molecule has 17 heavy (non-hydrogen) atoms. The molecule has 3 heteroatoms. The van der Waals surface area contributed by atoms with Gasteiger partial charge in [-0.05, 0) is 43.7 Å². The van der Waals surface area contributed by atoms with Crippen molar-refractivity contribution in [2.75, 3.05) is 0 Å². The van der Waals surface area contributed by atoms with E-state index < -0.39 is 5.97 Å². The van der Waals surface area contributed by atoms with Gasteiger partial charge in [-0.1, -0.05) is 13.8 Å². The maximum atomic E-state index is 10.8. The van der Waals surface area contributed by atoms with Gasteiger partial charge in [-0.3, -0.25) is 4.98 Å². The molecule has 0 radical (unpaired) electrons. The number of nitrogens with zero attached hydrogens (tertiary/aromatic N) is 1. The highest BCUT2D eigenvalue weighted by molar-refractivity contribution is 5.94. The summed E-state index contributed by atoms with van der Waals surface area (Å²) in [5.74, 6) is -0.906. The van der Waals surface area contributed by atoms with Crippen LogP contribution in [0.5, 0.6) is 0 Å². The third-order valence-corrected chi connectivity index (χ3v) is 2.39. The van der Waals surface area contributed by atoms with Crippen LogP contribution in [0.1, 0.15) is 35.5 Å². The second-order valence-corrected chi connectivity index (χ2v) is 3.62. The van der Waals surface area contributed by atoms with E-state index in [0.29, 0.717) is 5.56 Å². The molecule has 1 aromatic carbocycles. The molecule has 0 fully saturated rings. The minimum atomic E-state index is -0.906. The Hall–Kier alpha value is -1.90. The minimum absolute atomic E-state index is 0.302. The number of fused-ring (bicyclic) bond motifs is 1. The van der Waals surface area contributed by atoms with E-state index in [1.165, 1.54) is 0 Å². The zero-order valence-electron chi connectivity index (χ0n) is 10.6. The first-order valence-corrected chi connectivity index (χ1v) is 5.69. The summed E-state index contributed by atoms with van der Waals surface area (Å²) in [5, 5.41) is 9.77. The maximum absolute atomic E-state index is 10.8. The maximum Gasteiger partial charge on any atom is 0.335 e. The topological polar surface area (TPSA) is 50.2 Å². The summed E-state index contributed by atoms with van der Waals surface area (Å²) in [6.07, 6.45) is 0. The largest absolute Gasteiger partial charge is 0.478 e. The van der Waals surface area contributed by atoms with Gasteiger partial charge in [0.25, 0.3) is 0 Å². The average molecular weight is 231 g/mol. The molecular formula is C14H17NO2. The number of pyridine rings is 1. The van der Waals surface area contributed by atoms with Crippen LogP contribution < -0.4 is 0 Å². The molecule has 1 aromatic heterocycles. The van der Waals surface area contributed by atoms with Gasteiger partial charge in [-0.15, -0.1) is 0 Å². The second-order valence-electron chi connectivity index (χ2n) is 3.62. The molecule has 0 aliphatic carbocycles. The minimum Gasteiger partial charge on any atom is -0.478 e. The van der Waals surface area contributed by atoms with Gasteiger partial charge in [0.1, 0.15) is 0 Å². The average Bonchev–Trinajstić information content (AvgIpc) is 2.31. The Labute approximate surface area is 101 Å². The quantitative estimate of drug-likeness (QED) is 0.816. The highest BCUT2D eigenvalue weighted by Gasteiger charge is 2.06. The number of hydrogen-bond donors (Lipinski definition) is 1. The van der Waals surface area contributed by atoms with Gasteiger partial charge in [0.2, 0.25) is 0 Å². The summed E-state index contributed by atoms with van der Waals surface area (Å²) in [7, 11) is 0. The first-order valence-electron chi connectivity index (χ1n) is 5.69. The van der Waals surface area contributed by atoms with Crippen LogP contribution >= 0.6 is 0 Å². The number of hydrogen-bond acceptors (Lipinski definition) is 2. The van der Waals surface area contributed by atoms with Crippen LogP contribution in [-0.4, -0.2) is 16.1 Å². The zero-order chi connectivity index (χ0) is 13.0. The van der Waals surface area contributed by atoms with Crippen molar-refractivity contribution in [3.05, 3.63) is 41.1 Å². The molecule has 0 saturated carbocycles. The molecule has 0 saturated heterocycles. The van der Waals surface area contributed by atoms with Gasteiger partial charge >= 0.3 is 5.97 Å². The molecule has 2 aromatic rings. The number of carboxylic acid groups (broad SMARTS) is 1. The lowest BCUT2D eigenvalue weighted by Gasteiger charge is -2.04. The summed E-state index contributed by atoms with van der Waals surface area (Å²) in [4.78, 5) is 15.1. The van der Waals surface area contributed by atoms with Crippen LogP contribution in [0.15, 0.2) is 24.3 Å². The molecule has 90 valence electrons. The van der Waals surface area contributed by atoms with Gasteiger partial charge in [0, 0.05) is 11.1 Å². The Morgan fingerprint density at radius 3 is 2.41 bits per heavy atom. The number of aryl methyl sites for hydroxylation is 2. The van der Waals surface area contributed by atoms with Gasteiger partial charge < -0.3 is 5.11 Å². The van der Waals surface area contributed by atoms with Crippen molar-refractivity contribution in [2.45, 2.75) is 27.7 Å². The van der Waals surface area contributed by atoms with E-state index in [9.17, 15) is 4.79 Å². The fourth-order valence-electron chi connectivity index (χ4n) is 1.70. The van der Waals surface area contributed by atoms with Crippen LogP contribution in [0.4, 0.5) is 0 Å². The first kappa shape index (κ1) is 13.2. The number of aromatic nitrogens is 1. The molecule has 1 N–H and O–H groups in total. The monoisotopic (exact) mass is 231 g/mol. The Balaban J connectivity index is 0.000000686. The van der Waals surface area contributed by atoms with E-state index in [1.54, 1.807) is 18.2 Å². The summed E-state index contributed by atoms with van der Waals surface area (Å²) >= 11 is 0. The SMILES string of the molecule is CC.Cc1cc(C)c2cc(C(=O)O)ccc2n1. The number of rotatable bonds is 1. The molecule has 0 aliphatic heterocycles. The lowest BCUT2D eigenvalue weighted by molar-refractivity contribution is 0.0697. The Morgan fingerprint density at radius 2 is 1.82 bits per heavy atom. The number of carboxylic acids is 1. The second kappa shape index (κ2) is 5.43.